The molecule has 1 spiro atoms. The molecule has 1 amide bonds. The number of para-hydroxylation sites is 2. The van der Waals surface area contributed by atoms with E-state index in [-0.39, 0.29) is 17.5 Å². The minimum absolute atomic E-state index is 0.236. The lowest BCUT2D eigenvalue weighted by Gasteiger charge is -2.39. The van der Waals surface area contributed by atoms with E-state index in [1.165, 1.54) is 0 Å². The van der Waals surface area contributed by atoms with E-state index < -0.39 is 23.4 Å². The van der Waals surface area contributed by atoms with Gasteiger partial charge < -0.3 is 15.0 Å². The molecule has 1 fully saturated rings. The third-order valence-electron chi connectivity index (χ3n) is 8.85. The van der Waals surface area contributed by atoms with E-state index in [4.69, 9.17) is 4.74 Å². The van der Waals surface area contributed by atoms with Crippen molar-refractivity contribution in [3.8, 4) is 5.75 Å². The van der Waals surface area contributed by atoms with Crippen molar-refractivity contribution in [3.05, 3.63) is 131 Å². The predicted octanol–water partition coefficient (Wildman–Crippen LogP) is 5.94. The number of ketones is 2. The lowest BCUT2D eigenvalue weighted by atomic mass is 9.64. The van der Waals surface area contributed by atoms with E-state index >= 15 is 0 Å². The zero-order valence-corrected chi connectivity index (χ0v) is 22.7. The Kier molecular flexibility index (Phi) is 5.68. The molecule has 202 valence electrons. The minimum Gasteiger partial charge on any atom is -0.497 e. The highest BCUT2D eigenvalue weighted by atomic mass is 16.5. The summed E-state index contributed by atoms with van der Waals surface area (Å²) < 4.78 is 5.44. The van der Waals surface area contributed by atoms with Crippen LogP contribution < -0.4 is 15.0 Å². The molecule has 4 atom stereocenters. The van der Waals surface area contributed by atoms with Gasteiger partial charge in [-0.05, 0) is 42.3 Å². The third-order valence-corrected chi connectivity index (χ3v) is 8.85. The lowest BCUT2D eigenvalue weighted by Crippen LogP contribution is -2.51. The first-order valence-electron chi connectivity index (χ1n) is 13.7. The van der Waals surface area contributed by atoms with E-state index in [2.05, 4.69) is 11.4 Å². The number of methoxy groups -OCH3 is 1. The van der Waals surface area contributed by atoms with E-state index in [0.29, 0.717) is 22.6 Å². The molecule has 0 radical (unpaired) electrons. The molecule has 3 aliphatic rings. The van der Waals surface area contributed by atoms with Crippen molar-refractivity contribution in [2.75, 3.05) is 17.3 Å². The summed E-state index contributed by atoms with van der Waals surface area (Å²) in [5, 5.41) is 3.08. The summed E-state index contributed by atoms with van der Waals surface area (Å²) in [6.45, 7) is 2.02. The van der Waals surface area contributed by atoms with Gasteiger partial charge in [0.05, 0.1) is 19.1 Å². The number of anilines is 2. The van der Waals surface area contributed by atoms with Gasteiger partial charge in [-0.2, -0.15) is 0 Å². The Morgan fingerprint density at radius 3 is 2.34 bits per heavy atom. The van der Waals surface area contributed by atoms with Crippen molar-refractivity contribution in [2.45, 2.75) is 24.4 Å². The van der Waals surface area contributed by atoms with Crippen LogP contribution in [0.1, 0.15) is 38.8 Å². The van der Waals surface area contributed by atoms with Gasteiger partial charge in [0.15, 0.2) is 11.6 Å². The van der Waals surface area contributed by atoms with Gasteiger partial charge in [0.2, 0.25) is 5.91 Å². The first-order chi connectivity index (χ1) is 20.0. The van der Waals surface area contributed by atoms with Gasteiger partial charge in [0, 0.05) is 28.1 Å². The molecule has 4 aromatic carbocycles. The van der Waals surface area contributed by atoms with Crippen molar-refractivity contribution in [1.82, 2.24) is 0 Å². The van der Waals surface area contributed by atoms with Crippen LogP contribution in [0, 0.1) is 5.92 Å². The monoisotopic (exact) mass is 540 g/mol. The van der Waals surface area contributed by atoms with Crippen LogP contribution >= 0.6 is 0 Å². The number of hydrogen-bond donors (Lipinski definition) is 1. The number of Topliss-reactive ketones (excluding diaryl/α,β-unsaturated/α-hetero) is 2. The molecule has 3 aliphatic heterocycles. The highest BCUT2D eigenvalue weighted by Crippen LogP contribution is 2.58. The Labute approximate surface area is 238 Å². The summed E-state index contributed by atoms with van der Waals surface area (Å²) in [5.74, 6) is -1.21. The summed E-state index contributed by atoms with van der Waals surface area (Å²) >= 11 is 0. The number of carbonyl (C=O) groups excluding carboxylic acids is 3. The van der Waals surface area contributed by atoms with Gasteiger partial charge in [-0.25, -0.2) is 0 Å². The molecule has 41 heavy (non-hydrogen) atoms. The van der Waals surface area contributed by atoms with Crippen LogP contribution in [-0.2, 0) is 10.2 Å². The van der Waals surface area contributed by atoms with Crippen molar-refractivity contribution in [1.29, 1.82) is 0 Å². The Morgan fingerprint density at radius 2 is 1.54 bits per heavy atom. The fourth-order valence-corrected chi connectivity index (χ4v) is 7.12. The number of fused-ring (bicyclic) bond motifs is 6. The molecule has 3 heterocycles. The minimum atomic E-state index is -1.34. The van der Waals surface area contributed by atoms with Crippen LogP contribution in [0.15, 0.2) is 109 Å². The molecule has 1 N–H and O–H groups in total. The molecule has 1 saturated heterocycles. The maximum absolute atomic E-state index is 14.8. The molecule has 0 saturated carbocycles. The third kappa shape index (κ3) is 3.46. The SMILES string of the molecule is COc1cccc(C(=O)[C@@H]2[C@@H](C(=O)c3ccccc3)[C@]3(C(=O)Nc4ccccc43)[C@H]3C=C(C)c4ccccc4N23)c1. The number of allylic oxidation sites excluding steroid dienone is 1. The quantitative estimate of drug-likeness (QED) is 0.317. The topological polar surface area (TPSA) is 75.7 Å². The number of amides is 1. The predicted molar refractivity (Wildman–Crippen MR) is 158 cm³/mol. The molecule has 0 aromatic heterocycles. The van der Waals surface area contributed by atoms with E-state index in [1.54, 1.807) is 43.5 Å². The van der Waals surface area contributed by atoms with Gasteiger partial charge in [0.1, 0.15) is 17.2 Å². The number of nitrogens with one attached hydrogen (secondary N) is 1. The van der Waals surface area contributed by atoms with E-state index in [0.717, 1.165) is 22.4 Å². The molecule has 4 aromatic rings. The maximum atomic E-state index is 14.8. The second-order valence-corrected chi connectivity index (χ2v) is 10.8. The maximum Gasteiger partial charge on any atom is 0.238 e. The Hall–Kier alpha value is -4.97. The first kappa shape index (κ1) is 25.0. The van der Waals surface area contributed by atoms with Gasteiger partial charge >= 0.3 is 0 Å². The average Bonchev–Trinajstić information content (AvgIpc) is 3.49. The van der Waals surface area contributed by atoms with Crippen LogP contribution in [0.5, 0.6) is 5.75 Å². The van der Waals surface area contributed by atoms with Crippen molar-refractivity contribution in [2.24, 2.45) is 5.92 Å². The summed E-state index contributed by atoms with van der Waals surface area (Å²) in [4.78, 5) is 46.0. The van der Waals surface area contributed by atoms with Gasteiger partial charge in [0.25, 0.3) is 0 Å². The molecule has 6 heteroatoms. The number of rotatable bonds is 5. The number of nitrogens with zero attached hydrogens (tertiary/aromatic N) is 1. The Bertz CT molecular complexity index is 1760. The second kappa shape index (κ2) is 9.30. The van der Waals surface area contributed by atoms with Gasteiger partial charge in [-0.3, -0.25) is 14.4 Å². The van der Waals surface area contributed by atoms with E-state index in [9.17, 15) is 14.4 Å². The van der Waals surface area contributed by atoms with Gasteiger partial charge in [-0.15, -0.1) is 0 Å². The average molecular weight is 541 g/mol. The van der Waals surface area contributed by atoms with Crippen LogP contribution in [0.25, 0.3) is 5.57 Å². The summed E-state index contributed by atoms with van der Waals surface area (Å²) in [6, 6.07) is 29.9. The summed E-state index contributed by atoms with van der Waals surface area (Å²) in [5.41, 5.74) is 3.76. The zero-order valence-electron chi connectivity index (χ0n) is 22.7. The van der Waals surface area contributed by atoms with Crippen LogP contribution in [-0.4, -0.2) is 36.7 Å². The number of ether oxygens (including phenoxy) is 1. The number of carbonyl (C=O) groups is 3. The molecule has 0 unspecified atom stereocenters. The smallest absolute Gasteiger partial charge is 0.238 e. The molecule has 0 aliphatic carbocycles. The molecule has 7 rings (SSSR count). The first-order valence-corrected chi connectivity index (χ1v) is 13.7. The fourth-order valence-electron chi connectivity index (χ4n) is 7.12. The molecular formula is C35H28N2O4. The lowest BCUT2D eigenvalue weighted by molar-refractivity contribution is -0.121. The largest absolute Gasteiger partial charge is 0.497 e. The van der Waals surface area contributed by atoms with Crippen LogP contribution in [0.3, 0.4) is 0 Å². The van der Waals surface area contributed by atoms with E-state index in [1.807, 2.05) is 78.6 Å². The van der Waals surface area contributed by atoms with Crippen LogP contribution in [0.2, 0.25) is 0 Å². The fraction of sp³-hybridized carbons (Fsp3) is 0.171. The normalized spacial score (nSPS) is 23.8. The Balaban J connectivity index is 1.55. The number of benzene rings is 4. The van der Waals surface area contributed by atoms with Gasteiger partial charge in [-0.1, -0.05) is 84.9 Å². The van der Waals surface area contributed by atoms with Crippen molar-refractivity contribution < 1.29 is 19.1 Å². The van der Waals surface area contributed by atoms with Crippen LogP contribution in [0.4, 0.5) is 11.4 Å². The van der Waals surface area contributed by atoms with Crippen molar-refractivity contribution in [3.63, 3.8) is 0 Å². The molecule has 0 bridgehead atoms. The second-order valence-electron chi connectivity index (χ2n) is 10.8. The number of hydrogen-bond acceptors (Lipinski definition) is 5. The highest BCUT2D eigenvalue weighted by Gasteiger charge is 2.70. The molecule has 6 nitrogen and oxygen atoms in total. The molecular weight excluding hydrogens is 512 g/mol. The standard InChI is InChI=1S/C35H28N2O4/c1-21-19-29-35(26-16-7-8-17-27(26)36-34(35)40)30(32(38)22-11-4-3-5-12-22)31(37(29)28-18-9-6-15-25(21)28)33(39)23-13-10-14-24(20-23)41-2/h3-20,29-31H,1-2H3,(H,36,40)/t29-,30+,31+,35-/m1/s1. The zero-order chi connectivity index (χ0) is 28.3. The summed E-state index contributed by atoms with van der Waals surface area (Å²) in [6.07, 6.45) is 2.06. The van der Waals surface area contributed by atoms with Crippen molar-refractivity contribution >= 4 is 34.4 Å². The summed E-state index contributed by atoms with van der Waals surface area (Å²) in [7, 11) is 1.56. The highest BCUT2D eigenvalue weighted by molar-refractivity contribution is 6.18. The Morgan fingerprint density at radius 1 is 0.829 bits per heavy atom.